The monoisotopic (exact) mass is 392 g/mol. The number of hydrogen-bond acceptors (Lipinski definition) is 5. The first kappa shape index (κ1) is 20.5. The first-order valence-corrected chi connectivity index (χ1v) is 8.64. The molecule has 0 aliphatic rings. The van der Waals surface area contributed by atoms with Crippen molar-refractivity contribution in [2.24, 2.45) is 0 Å². The first-order valence-electron chi connectivity index (χ1n) is 8.26. The largest absolute Gasteiger partial charge is 0.497 e. The Bertz CT molecular complexity index is 843. The molecule has 1 aromatic carbocycles. The van der Waals surface area contributed by atoms with E-state index in [2.05, 4.69) is 10.3 Å². The Morgan fingerprint density at radius 3 is 2.67 bits per heavy atom. The first-order chi connectivity index (χ1) is 12.8. The van der Waals surface area contributed by atoms with Gasteiger partial charge in [-0.1, -0.05) is 23.7 Å². The van der Waals surface area contributed by atoms with Crippen molar-refractivity contribution >= 4 is 23.5 Å². The molecule has 0 saturated heterocycles. The summed E-state index contributed by atoms with van der Waals surface area (Å²) in [4.78, 5) is 28.1. The summed E-state index contributed by atoms with van der Waals surface area (Å²) in [6.07, 6.45) is 1.02. The number of amides is 1. The van der Waals surface area contributed by atoms with E-state index in [1.54, 1.807) is 38.1 Å². The summed E-state index contributed by atoms with van der Waals surface area (Å²) in [5.74, 6) is -0.761. The van der Waals surface area contributed by atoms with Crippen LogP contribution in [0.4, 0.5) is 0 Å². The van der Waals surface area contributed by atoms with E-state index in [0.29, 0.717) is 17.9 Å². The second-order valence-corrected chi connectivity index (χ2v) is 6.44. The van der Waals surface area contributed by atoms with Gasteiger partial charge < -0.3 is 19.9 Å². The minimum absolute atomic E-state index is 0.197. The lowest BCUT2D eigenvalue weighted by molar-refractivity contribution is -0.138. The molecule has 1 unspecified atom stereocenters. The van der Waals surface area contributed by atoms with Gasteiger partial charge in [0.2, 0.25) is 5.88 Å². The molecule has 0 radical (unpaired) electrons. The Morgan fingerprint density at radius 1 is 1.33 bits per heavy atom. The molecule has 0 fully saturated rings. The lowest BCUT2D eigenvalue weighted by Crippen LogP contribution is -2.45. The highest BCUT2D eigenvalue weighted by molar-refractivity contribution is 6.32. The SMILES string of the molecule is CCOc1ncc(C(=O)NC(C)(CC(=O)O)c2cccc(OC)c2)cc1Cl. The van der Waals surface area contributed by atoms with E-state index < -0.39 is 17.4 Å². The molecule has 0 spiro atoms. The van der Waals surface area contributed by atoms with Crippen LogP contribution in [-0.4, -0.2) is 35.7 Å². The Kier molecular flexibility index (Phi) is 6.63. The summed E-state index contributed by atoms with van der Waals surface area (Å²) in [5.41, 5.74) is -0.367. The number of carboxylic acids is 1. The Labute approximate surface area is 162 Å². The van der Waals surface area contributed by atoms with Crippen molar-refractivity contribution in [3.05, 3.63) is 52.7 Å². The Balaban J connectivity index is 2.33. The van der Waals surface area contributed by atoms with E-state index in [1.165, 1.54) is 19.4 Å². The lowest BCUT2D eigenvalue weighted by atomic mass is 9.88. The van der Waals surface area contributed by atoms with E-state index in [1.807, 2.05) is 0 Å². The average molecular weight is 393 g/mol. The molecule has 1 aromatic heterocycles. The molecule has 7 nitrogen and oxygen atoms in total. The van der Waals surface area contributed by atoms with Crippen LogP contribution in [0.2, 0.25) is 5.02 Å². The molecule has 1 atom stereocenters. The fraction of sp³-hybridized carbons (Fsp3) is 0.316. The van der Waals surface area contributed by atoms with Crippen molar-refractivity contribution in [3.63, 3.8) is 0 Å². The van der Waals surface area contributed by atoms with E-state index in [0.717, 1.165) is 0 Å². The van der Waals surface area contributed by atoms with Crippen molar-refractivity contribution < 1.29 is 24.2 Å². The van der Waals surface area contributed by atoms with E-state index in [4.69, 9.17) is 21.1 Å². The van der Waals surface area contributed by atoms with Gasteiger partial charge in [-0.2, -0.15) is 0 Å². The van der Waals surface area contributed by atoms with Crippen LogP contribution in [0.3, 0.4) is 0 Å². The standard InChI is InChI=1S/C19H21ClN2O5/c1-4-27-18-15(20)8-12(11-21-18)17(25)22-19(2,10-16(23)24)13-6-5-7-14(9-13)26-3/h5-9,11H,4,10H2,1-3H3,(H,22,25)(H,23,24). The predicted molar refractivity (Wildman–Crippen MR) is 100 cm³/mol. The molecule has 8 heteroatoms. The minimum Gasteiger partial charge on any atom is -0.497 e. The van der Waals surface area contributed by atoms with Gasteiger partial charge in [-0.05, 0) is 37.6 Å². The molecular formula is C19H21ClN2O5. The number of methoxy groups -OCH3 is 1. The lowest BCUT2D eigenvalue weighted by Gasteiger charge is -2.30. The third-order valence-electron chi connectivity index (χ3n) is 3.95. The molecule has 27 heavy (non-hydrogen) atoms. The van der Waals surface area contributed by atoms with Crippen molar-refractivity contribution in [2.75, 3.05) is 13.7 Å². The zero-order chi connectivity index (χ0) is 20.0. The van der Waals surface area contributed by atoms with E-state index >= 15 is 0 Å². The summed E-state index contributed by atoms with van der Waals surface area (Å²) >= 11 is 6.09. The molecule has 0 aliphatic carbocycles. The molecule has 1 amide bonds. The van der Waals surface area contributed by atoms with Crippen molar-refractivity contribution in [1.82, 2.24) is 10.3 Å². The number of pyridine rings is 1. The van der Waals surface area contributed by atoms with E-state index in [9.17, 15) is 14.7 Å². The minimum atomic E-state index is -1.16. The number of halogens is 1. The van der Waals surface area contributed by atoms with Crippen molar-refractivity contribution in [2.45, 2.75) is 25.8 Å². The molecule has 2 N–H and O–H groups in total. The number of aliphatic carboxylic acids is 1. The van der Waals surface area contributed by atoms with Crippen LogP contribution in [0.15, 0.2) is 36.5 Å². The fourth-order valence-electron chi connectivity index (χ4n) is 2.60. The molecule has 0 aliphatic heterocycles. The Morgan fingerprint density at radius 2 is 2.07 bits per heavy atom. The zero-order valence-electron chi connectivity index (χ0n) is 15.3. The van der Waals surface area contributed by atoms with E-state index in [-0.39, 0.29) is 22.9 Å². The normalized spacial score (nSPS) is 12.7. The number of nitrogens with zero attached hydrogens (tertiary/aromatic N) is 1. The van der Waals surface area contributed by atoms with Gasteiger partial charge in [0.25, 0.3) is 5.91 Å². The summed E-state index contributed by atoms with van der Waals surface area (Å²) < 4.78 is 10.4. The Hall–Kier alpha value is -2.80. The fourth-order valence-corrected chi connectivity index (χ4v) is 2.82. The van der Waals surface area contributed by atoms with Crippen LogP contribution in [0.1, 0.15) is 36.2 Å². The van der Waals surface area contributed by atoms with Gasteiger partial charge in [0.05, 0.1) is 31.2 Å². The quantitative estimate of drug-likeness (QED) is 0.715. The van der Waals surface area contributed by atoms with Gasteiger partial charge in [-0.3, -0.25) is 9.59 Å². The number of hydrogen-bond donors (Lipinski definition) is 2. The maximum absolute atomic E-state index is 12.7. The van der Waals surface area contributed by atoms with Gasteiger partial charge in [0.1, 0.15) is 10.8 Å². The number of rotatable bonds is 8. The summed E-state index contributed by atoms with van der Waals surface area (Å²) in [6, 6.07) is 8.32. The zero-order valence-corrected chi connectivity index (χ0v) is 16.0. The van der Waals surface area contributed by atoms with Crippen molar-refractivity contribution in [1.29, 1.82) is 0 Å². The number of carboxylic acid groups (broad SMARTS) is 1. The smallest absolute Gasteiger partial charge is 0.306 e. The van der Waals surface area contributed by atoms with Crippen LogP contribution in [0.5, 0.6) is 11.6 Å². The van der Waals surface area contributed by atoms with Gasteiger partial charge in [0, 0.05) is 6.20 Å². The highest BCUT2D eigenvalue weighted by atomic mass is 35.5. The number of carbonyl (C=O) groups excluding carboxylic acids is 1. The maximum Gasteiger partial charge on any atom is 0.306 e. The van der Waals surface area contributed by atoms with Gasteiger partial charge >= 0.3 is 5.97 Å². The molecule has 2 aromatic rings. The third kappa shape index (κ3) is 5.10. The average Bonchev–Trinajstić information content (AvgIpc) is 2.62. The van der Waals surface area contributed by atoms with Crippen molar-refractivity contribution in [3.8, 4) is 11.6 Å². The van der Waals surface area contributed by atoms with Crippen LogP contribution >= 0.6 is 11.6 Å². The predicted octanol–water partition coefficient (Wildman–Crippen LogP) is 3.26. The van der Waals surface area contributed by atoms with Crippen LogP contribution < -0.4 is 14.8 Å². The highest BCUT2D eigenvalue weighted by Crippen LogP contribution is 2.29. The van der Waals surface area contributed by atoms with Crippen LogP contribution in [0, 0.1) is 0 Å². The number of nitrogens with one attached hydrogen (secondary N) is 1. The second kappa shape index (κ2) is 8.73. The second-order valence-electron chi connectivity index (χ2n) is 6.03. The summed E-state index contributed by atoms with van der Waals surface area (Å²) in [7, 11) is 1.51. The summed E-state index contributed by atoms with van der Waals surface area (Å²) in [5, 5.41) is 12.3. The molecule has 1 heterocycles. The molecule has 144 valence electrons. The number of aromatic nitrogens is 1. The number of carbonyl (C=O) groups is 2. The van der Waals surface area contributed by atoms with Gasteiger partial charge in [0.15, 0.2) is 0 Å². The highest BCUT2D eigenvalue weighted by Gasteiger charge is 2.32. The third-order valence-corrected chi connectivity index (χ3v) is 4.22. The van der Waals surface area contributed by atoms with Gasteiger partial charge in [-0.15, -0.1) is 0 Å². The maximum atomic E-state index is 12.7. The van der Waals surface area contributed by atoms with Crippen LogP contribution in [-0.2, 0) is 10.3 Å². The molecular weight excluding hydrogens is 372 g/mol. The topological polar surface area (TPSA) is 97.8 Å². The molecule has 2 rings (SSSR count). The van der Waals surface area contributed by atoms with Gasteiger partial charge in [-0.25, -0.2) is 4.98 Å². The number of ether oxygens (including phenoxy) is 2. The van der Waals surface area contributed by atoms with Crippen LogP contribution in [0.25, 0.3) is 0 Å². The summed E-state index contributed by atoms with van der Waals surface area (Å²) in [6.45, 7) is 3.83. The molecule has 0 bridgehead atoms. The number of benzene rings is 1. The molecule has 0 saturated carbocycles.